The van der Waals surface area contributed by atoms with Crippen LogP contribution in [0.25, 0.3) is 0 Å². The number of hydrogen-bond donors (Lipinski definition) is 2. The third-order valence-electron chi connectivity index (χ3n) is 2.11. The van der Waals surface area contributed by atoms with E-state index in [9.17, 15) is 18.4 Å². The summed E-state index contributed by atoms with van der Waals surface area (Å²) in [6, 6.07) is 3.15. The molecular formula is C11H6F2N2O3S. The molecule has 1 aromatic carbocycles. The van der Waals surface area contributed by atoms with Crippen LogP contribution < -0.4 is 5.32 Å². The van der Waals surface area contributed by atoms with Crippen molar-refractivity contribution < 1.29 is 23.5 Å². The topological polar surface area (TPSA) is 79.3 Å². The van der Waals surface area contributed by atoms with Gasteiger partial charge in [0.2, 0.25) is 5.01 Å². The molecule has 0 aliphatic rings. The summed E-state index contributed by atoms with van der Waals surface area (Å²) in [7, 11) is 0. The molecule has 98 valence electrons. The zero-order valence-corrected chi connectivity index (χ0v) is 10.0. The zero-order valence-electron chi connectivity index (χ0n) is 9.18. The molecule has 5 nitrogen and oxygen atoms in total. The number of benzene rings is 1. The standard InChI is InChI=1S/C11H6F2N2O3S/c12-5-2-1-3-6(13)8(5)15-9(16)7-4-14-10(19-7)11(17)18/h1-4H,(H,15,16)(H,17,18). The Hall–Kier alpha value is -2.35. The first kappa shape index (κ1) is 13.1. The predicted molar refractivity (Wildman–Crippen MR) is 63.4 cm³/mol. The van der Waals surface area contributed by atoms with Crippen LogP contribution in [-0.4, -0.2) is 22.0 Å². The van der Waals surface area contributed by atoms with Gasteiger partial charge in [0.1, 0.15) is 22.2 Å². The Morgan fingerprint density at radius 2 is 1.89 bits per heavy atom. The lowest BCUT2D eigenvalue weighted by Gasteiger charge is -2.05. The fourth-order valence-electron chi connectivity index (χ4n) is 1.27. The van der Waals surface area contributed by atoms with Gasteiger partial charge in [-0.15, -0.1) is 11.3 Å². The van der Waals surface area contributed by atoms with E-state index < -0.39 is 29.2 Å². The number of rotatable bonds is 3. The van der Waals surface area contributed by atoms with E-state index in [-0.39, 0.29) is 9.88 Å². The second-order valence-electron chi connectivity index (χ2n) is 3.39. The molecule has 2 rings (SSSR count). The van der Waals surface area contributed by atoms with E-state index in [1.54, 1.807) is 0 Å². The molecule has 0 aliphatic heterocycles. The summed E-state index contributed by atoms with van der Waals surface area (Å²) >= 11 is 0.612. The number of thiazole rings is 1. The van der Waals surface area contributed by atoms with E-state index in [1.807, 2.05) is 5.32 Å². The number of carbonyl (C=O) groups excluding carboxylic acids is 1. The number of anilines is 1. The fourth-order valence-corrected chi connectivity index (χ4v) is 1.92. The van der Waals surface area contributed by atoms with Crippen molar-refractivity contribution in [1.29, 1.82) is 0 Å². The minimum absolute atomic E-state index is 0.0555. The number of amides is 1. The third kappa shape index (κ3) is 2.74. The number of halogens is 2. The molecule has 0 radical (unpaired) electrons. The Kier molecular flexibility index (Phi) is 3.52. The van der Waals surface area contributed by atoms with Crippen molar-refractivity contribution in [3.05, 3.63) is 45.9 Å². The van der Waals surface area contributed by atoms with Crippen molar-refractivity contribution in [2.45, 2.75) is 0 Å². The first-order chi connectivity index (χ1) is 8.99. The van der Waals surface area contributed by atoms with Gasteiger partial charge in [0.05, 0.1) is 6.20 Å². The number of aromatic carboxylic acids is 1. The Labute approximate surface area is 109 Å². The lowest BCUT2D eigenvalue weighted by atomic mass is 10.3. The number of carbonyl (C=O) groups is 2. The van der Waals surface area contributed by atoms with E-state index in [1.165, 1.54) is 0 Å². The number of para-hydroxylation sites is 1. The second-order valence-corrected chi connectivity index (χ2v) is 4.42. The Balaban J connectivity index is 2.23. The SMILES string of the molecule is O=C(Nc1c(F)cccc1F)c1cnc(C(=O)O)s1. The summed E-state index contributed by atoms with van der Waals surface area (Å²) in [5.74, 6) is -3.94. The lowest BCUT2D eigenvalue weighted by Crippen LogP contribution is -2.12. The van der Waals surface area contributed by atoms with Gasteiger partial charge in [-0.05, 0) is 12.1 Å². The van der Waals surface area contributed by atoms with Crippen LogP contribution in [0.5, 0.6) is 0 Å². The van der Waals surface area contributed by atoms with Crippen molar-refractivity contribution in [3.8, 4) is 0 Å². The monoisotopic (exact) mass is 284 g/mol. The predicted octanol–water partition coefficient (Wildman–Crippen LogP) is 2.37. The third-order valence-corrected chi connectivity index (χ3v) is 3.10. The normalized spacial score (nSPS) is 10.2. The average Bonchev–Trinajstić information content (AvgIpc) is 2.83. The largest absolute Gasteiger partial charge is 0.476 e. The highest BCUT2D eigenvalue weighted by molar-refractivity contribution is 7.15. The van der Waals surface area contributed by atoms with Crippen LogP contribution in [0, 0.1) is 11.6 Å². The van der Waals surface area contributed by atoms with Crippen LogP contribution in [0.2, 0.25) is 0 Å². The summed E-state index contributed by atoms with van der Waals surface area (Å²) in [5.41, 5.74) is -0.585. The highest BCUT2D eigenvalue weighted by atomic mass is 32.1. The summed E-state index contributed by atoms with van der Waals surface area (Å²) in [4.78, 5) is 25.7. The van der Waals surface area contributed by atoms with Crippen LogP contribution in [0.1, 0.15) is 19.5 Å². The molecule has 19 heavy (non-hydrogen) atoms. The molecule has 1 aromatic heterocycles. The van der Waals surface area contributed by atoms with Gasteiger partial charge in [0.25, 0.3) is 5.91 Å². The van der Waals surface area contributed by atoms with Crippen molar-refractivity contribution in [2.75, 3.05) is 5.32 Å². The van der Waals surface area contributed by atoms with Gasteiger partial charge in [0.15, 0.2) is 0 Å². The smallest absolute Gasteiger partial charge is 0.365 e. The van der Waals surface area contributed by atoms with Crippen LogP contribution in [0.15, 0.2) is 24.4 Å². The molecule has 1 amide bonds. The number of hydrogen-bond acceptors (Lipinski definition) is 4. The van der Waals surface area contributed by atoms with E-state index in [0.717, 1.165) is 24.4 Å². The van der Waals surface area contributed by atoms with Crippen molar-refractivity contribution in [1.82, 2.24) is 4.98 Å². The molecule has 2 N–H and O–H groups in total. The quantitative estimate of drug-likeness (QED) is 0.906. The minimum Gasteiger partial charge on any atom is -0.476 e. The van der Waals surface area contributed by atoms with Gasteiger partial charge < -0.3 is 10.4 Å². The van der Waals surface area contributed by atoms with E-state index >= 15 is 0 Å². The molecule has 0 fully saturated rings. The number of nitrogens with zero attached hydrogens (tertiary/aromatic N) is 1. The van der Waals surface area contributed by atoms with Gasteiger partial charge in [-0.2, -0.15) is 0 Å². The molecular weight excluding hydrogens is 278 g/mol. The maximum atomic E-state index is 13.3. The highest BCUT2D eigenvalue weighted by Crippen LogP contribution is 2.20. The average molecular weight is 284 g/mol. The van der Waals surface area contributed by atoms with Gasteiger partial charge in [-0.3, -0.25) is 4.79 Å². The minimum atomic E-state index is -1.28. The summed E-state index contributed by atoms with van der Waals surface area (Å²) in [5, 5.41) is 10.4. The molecule has 0 atom stereocenters. The number of carboxylic acids is 1. The highest BCUT2D eigenvalue weighted by Gasteiger charge is 2.17. The maximum Gasteiger partial charge on any atom is 0.365 e. The van der Waals surface area contributed by atoms with Crippen LogP contribution in [0.3, 0.4) is 0 Å². The van der Waals surface area contributed by atoms with E-state index in [0.29, 0.717) is 11.3 Å². The number of carboxylic acid groups (broad SMARTS) is 1. The molecule has 0 spiro atoms. The molecule has 0 bridgehead atoms. The van der Waals surface area contributed by atoms with Gasteiger partial charge >= 0.3 is 5.97 Å². The maximum absolute atomic E-state index is 13.3. The van der Waals surface area contributed by atoms with Crippen molar-refractivity contribution in [3.63, 3.8) is 0 Å². The van der Waals surface area contributed by atoms with Crippen molar-refractivity contribution in [2.24, 2.45) is 0 Å². The van der Waals surface area contributed by atoms with E-state index in [2.05, 4.69) is 4.98 Å². The number of aromatic nitrogens is 1. The lowest BCUT2D eigenvalue weighted by molar-refractivity contribution is 0.0696. The Morgan fingerprint density at radius 3 is 2.42 bits per heavy atom. The van der Waals surface area contributed by atoms with Gasteiger partial charge in [-0.1, -0.05) is 6.07 Å². The molecule has 0 unspecified atom stereocenters. The zero-order chi connectivity index (χ0) is 14.0. The Morgan fingerprint density at radius 1 is 1.26 bits per heavy atom. The second kappa shape index (κ2) is 5.11. The van der Waals surface area contributed by atoms with Gasteiger partial charge in [-0.25, -0.2) is 18.6 Å². The molecule has 0 saturated heterocycles. The molecule has 1 heterocycles. The van der Waals surface area contributed by atoms with Crippen LogP contribution in [0.4, 0.5) is 14.5 Å². The summed E-state index contributed by atoms with van der Waals surface area (Å²) < 4.78 is 26.6. The fraction of sp³-hybridized carbons (Fsp3) is 0. The first-order valence-electron chi connectivity index (χ1n) is 4.93. The van der Waals surface area contributed by atoms with E-state index in [4.69, 9.17) is 5.11 Å². The molecule has 0 aliphatic carbocycles. The van der Waals surface area contributed by atoms with Gasteiger partial charge in [0, 0.05) is 0 Å². The molecule has 2 aromatic rings. The van der Waals surface area contributed by atoms with Crippen LogP contribution >= 0.6 is 11.3 Å². The summed E-state index contributed by atoms with van der Waals surface area (Å²) in [6.45, 7) is 0. The molecule has 0 saturated carbocycles. The summed E-state index contributed by atoms with van der Waals surface area (Å²) in [6.07, 6.45) is 1.03. The van der Waals surface area contributed by atoms with Crippen molar-refractivity contribution >= 4 is 28.9 Å². The Bertz CT molecular complexity index is 637. The first-order valence-corrected chi connectivity index (χ1v) is 5.75. The number of nitrogens with one attached hydrogen (secondary N) is 1. The molecule has 8 heteroatoms. The van der Waals surface area contributed by atoms with Crippen LogP contribution in [-0.2, 0) is 0 Å².